The summed E-state index contributed by atoms with van der Waals surface area (Å²) in [6.07, 6.45) is 3.24. The summed E-state index contributed by atoms with van der Waals surface area (Å²) in [5, 5.41) is 14.1. The van der Waals surface area contributed by atoms with Crippen LogP contribution in [0.4, 0.5) is 15.8 Å². The number of methoxy groups -OCH3 is 2. The van der Waals surface area contributed by atoms with Crippen LogP contribution in [0.1, 0.15) is 23.9 Å². The number of imidazole rings is 1. The van der Waals surface area contributed by atoms with Crippen molar-refractivity contribution >= 4 is 23.2 Å². The molecular formula is C24H24FN5O6. The van der Waals surface area contributed by atoms with Crippen LogP contribution in [0.15, 0.2) is 48.8 Å². The molecule has 1 aliphatic heterocycles. The van der Waals surface area contributed by atoms with Gasteiger partial charge in [-0.15, -0.1) is 0 Å². The number of hydrogen-bond donors (Lipinski definition) is 1. The first-order valence-electron chi connectivity index (χ1n) is 11.0. The van der Waals surface area contributed by atoms with Gasteiger partial charge in [-0.1, -0.05) is 0 Å². The van der Waals surface area contributed by atoms with E-state index in [1.807, 2.05) is 0 Å². The van der Waals surface area contributed by atoms with Crippen molar-refractivity contribution in [3.63, 3.8) is 0 Å². The standard InChI is InChI=1S/C24H24FN5O6/c1-28-7-6-26-23(28)22(14-8-17(35-2)12-18(9-14)36-3)27-24(32)15-10-21(31)29(13-15)16-4-5-19(25)20(11-16)30(33)34/h4-9,11-12,15,22H,10,13H2,1-3H3,(H,27,32). The summed E-state index contributed by atoms with van der Waals surface area (Å²) in [5.41, 5.74) is 0.0702. The molecule has 2 unspecified atom stereocenters. The molecule has 2 heterocycles. The molecule has 0 spiro atoms. The fourth-order valence-corrected chi connectivity index (χ4v) is 4.15. The monoisotopic (exact) mass is 497 g/mol. The zero-order chi connectivity index (χ0) is 26.0. The Morgan fingerprint density at radius 1 is 1.22 bits per heavy atom. The molecule has 2 aromatic carbocycles. The van der Waals surface area contributed by atoms with Crippen LogP contribution in [-0.4, -0.2) is 47.1 Å². The van der Waals surface area contributed by atoms with Gasteiger partial charge in [-0.3, -0.25) is 19.7 Å². The largest absolute Gasteiger partial charge is 0.497 e. The molecule has 1 fully saturated rings. The molecule has 11 nitrogen and oxygen atoms in total. The predicted molar refractivity (Wildman–Crippen MR) is 126 cm³/mol. The molecule has 0 saturated carbocycles. The van der Waals surface area contributed by atoms with Gasteiger partial charge in [0.25, 0.3) is 0 Å². The lowest BCUT2D eigenvalue weighted by molar-refractivity contribution is -0.387. The summed E-state index contributed by atoms with van der Waals surface area (Å²) >= 11 is 0. The number of carbonyl (C=O) groups is 2. The number of benzene rings is 2. The first-order chi connectivity index (χ1) is 17.2. The Hall–Kier alpha value is -4.48. The number of nitro benzene ring substituents is 1. The van der Waals surface area contributed by atoms with E-state index in [1.54, 1.807) is 42.2 Å². The number of hydrogen-bond acceptors (Lipinski definition) is 7. The minimum atomic E-state index is -1.00. The van der Waals surface area contributed by atoms with Crippen LogP contribution >= 0.6 is 0 Å². The van der Waals surface area contributed by atoms with Crippen molar-refractivity contribution in [2.45, 2.75) is 12.5 Å². The number of anilines is 1. The molecule has 4 rings (SSSR count). The molecule has 1 saturated heterocycles. The van der Waals surface area contributed by atoms with Crippen LogP contribution in [0.25, 0.3) is 0 Å². The number of ether oxygens (including phenoxy) is 2. The molecule has 2 atom stereocenters. The van der Waals surface area contributed by atoms with Crippen molar-refractivity contribution in [2.24, 2.45) is 13.0 Å². The fourth-order valence-electron chi connectivity index (χ4n) is 4.15. The fraction of sp³-hybridized carbons (Fsp3) is 0.292. The average Bonchev–Trinajstić information content (AvgIpc) is 3.47. The third-order valence-electron chi connectivity index (χ3n) is 6.04. The molecule has 36 heavy (non-hydrogen) atoms. The molecule has 0 bridgehead atoms. The summed E-state index contributed by atoms with van der Waals surface area (Å²) in [5.74, 6) is -0.942. The highest BCUT2D eigenvalue weighted by Crippen LogP contribution is 2.32. The highest BCUT2D eigenvalue weighted by Gasteiger charge is 2.37. The number of aryl methyl sites for hydroxylation is 1. The second kappa shape index (κ2) is 10.0. The van der Waals surface area contributed by atoms with Gasteiger partial charge in [-0.25, -0.2) is 4.98 Å². The first-order valence-corrected chi connectivity index (χ1v) is 11.0. The maximum Gasteiger partial charge on any atom is 0.306 e. The number of nitro groups is 1. The molecule has 0 aliphatic carbocycles. The van der Waals surface area contributed by atoms with E-state index in [1.165, 1.54) is 25.2 Å². The highest BCUT2D eigenvalue weighted by atomic mass is 19.1. The summed E-state index contributed by atoms with van der Waals surface area (Å²) in [6.45, 7) is -0.0117. The van der Waals surface area contributed by atoms with E-state index >= 15 is 0 Å². The van der Waals surface area contributed by atoms with E-state index in [0.717, 1.165) is 12.1 Å². The molecule has 0 radical (unpaired) electrons. The van der Waals surface area contributed by atoms with Gasteiger partial charge in [0.1, 0.15) is 23.4 Å². The maximum absolute atomic E-state index is 13.8. The van der Waals surface area contributed by atoms with Crippen LogP contribution in [0, 0.1) is 21.8 Å². The number of amides is 2. The number of rotatable bonds is 8. The Morgan fingerprint density at radius 2 is 1.92 bits per heavy atom. The number of nitrogens with one attached hydrogen (secondary N) is 1. The van der Waals surface area contributed by atoms with E-state index in [-0.39, 0.29) is 18.7 Å². The van der Waals surface area contributed by atoms with Crippen molar-refractivity contribution in [3.05, 3.63) is 76.1 Å². The van der Waals surface area contributed by atoms with Crippen molar-refractivity contribution in [1.82, 2.24) is 14.9 Å². The van der Waals surface area contributed by atoms with Crippen LogP contribution in [0.5, 0.6) is 11.5 Å². The quantitative estimate of drug-likeness (QED) is 0.374. The Labute approximate surface area is 205 Å². The van der Waals surface area contributed by atoms with Gasteiger partial charge in [0.2, 0.25) is 17.6 Å². The second-order valence-electron chi connectivity index (χ2n) is 8.28. The Kier molecular flexibility index (Phi) is 6.86. The van der Waals surface area contributed by atoms with Gasteiger partial charge in [0, 0.05) is 44.5 Å². The normalized spacial score (nSPS) is 16.1. The lowest BCUT2D eigenvalue weighted by atomic mass is 10.0. The molecule has 188 valence electrons. The molecule has 3 aromatic rings. The van der Waals surface area contributed by atoms with Gasteiger partial charge >= 0.3 is 5.69 Å². The lowest BCUT2D eigenvalue weighted by Gasteiger charge is -2.22. The van der Waals surface area contributed by atoms with Gasteiger partial charge < -0.3 is 24.3 Å². The summed E-state index contributed by atoms with van der Waals surface area (Å²) in [4.78, 5) is 41.9. The highest BCUT2D eigenvalue weighted by molar-refractivity contribution is 6.00. The minimum Gasteiger partial charge on any atom is -0.497 e. The minimum absolute atomic E-state index is 0.0117. The topological polar surface area (TPSA) is 129 Å². The third-order valence-corrected chi connectivity index (χ3v) is 6.04. The molecular weight excluding hydrogens is 473 g/mol. The van der Waals surface area contributed by atoms with Crippen LogP contribution in [0.2, 0.25) is 0 Å². The maximum atomic E-state index is 13.8. The smallest absolute Gasteiger partial charge is 0.306 e. The Bertz CT molecular complexity index is 1300. The van der Waals surface area contributed by atoms with Crippen molar-refractivity contribution < 1.29 is 28.4 Å². The van der Waals surface area contributed by atoms with Gasteiger partial charge in [-0.2, -0.15) is 4.39 Å². The summed E-state index contributed by atoms with van der Waals surface area (Å²) in [7, 11) is 4.83. The zero-order valence-electron chi connectivity index (χ0n) is 19.8. The number of halogens is 1. The zero-order valence-corrected chi connectivity index (χ0v) is 19.8. The van der Waals surface area contributed by atoms with Crippen molar-refractivity contribution in [1.29, 1.82) is 0 Å². The predicted octanol–water partition coefficient (Wildman–Crippen LogP) is 2.74. The second-order valence-corrected chi connectivity index (χ2v) is 8.28. The summed E-state index contributed by atoms with van der Waals surface area (Å²) < 4.78 is 26.3. The summed E-state index contributed by atoms with van der Waals surface area (Å²) in [6, 6.07) is 7.74. The van der Waals surface area contributed by atoms with Crippen LogP contribution in [0.3, 0.4) is 0 Å². The van der Waals surface area contributed by atoms with Crippen LogP contribution < -0.4 is 19.7 Å². The molecule has 2 amide bonds. The number of nitrogens with zero attached hydrogens (tertiary/aromatic N) is 4. The molecule has 1 aliphatic rings. The van der Waals surface area contributed by atoms with Crippen molar-refractivity contribution in [2.75, 3.05) is 25.7 Å². The first kappa shape index (κ1) is 24.6. The number of carbonyl (C=O) groups excluding carboxylic acids is 2. The molecule has 1 aromatic heterocycles. The SMILES string of the molecule is COc1cc(OC)cc(C(NC(=O)C2CC(=O)N(c3ccc(F)c([N+](=O)[O-])c3)C2)c2nccn2C)c1. The van der Waals surface area contributed by atoms with E-state index in [4.69, 9.17) is 9.47 Å². The van der Waals surface area contributed by atoms with E-state index < -0.39 is 40.2 Å². The van der Waals surface area contributed by atoms with Crippen LogP contribution in [-0.2, 0) is 16.6 Å². The van der Waals surface area contributed by atoms with E-state index in [9.17, 15) is 24.1 Å². The Morgan fingerprint density at radius 3 is 2.50 bits per heavy atom. The van der Waals surface area contributed by atoms with Gasteiger partial charge in [-0.05, 0) is 29.8 Å². The lowest BCUT2D eigenvalue weighted by Crippen LogP contribution is -2.37. The number of aromatic nitrogens is 2. The average molecular weight is 497 g/mol. The van der Waals surface area contributed by atoms with E-state index in [0.29, 0.717) is 22.9 Å². The van der Waals surface area contributed by atoms with Crippen molar-refractivity contribution in [3.8, 4) is 11.5 Å². The van der Waals surface area contributed by atoms with Gasteiger partial charge in [0.15, 0.2) is 0 Å². The molecule has 12 heteroatoms. The third kappa shape index (κ3) is 4.83. The van der Waals surface area contributed by atoms with E-state index in [2.05, 4.69) is 10.3 Å². The molecule has 1 N–H and O–H groups in total. The van der Waals surface area contributed by atoms with Gasteiger partial charge in [0.05, 0.1) is 30.7 Å². The Balaban J connectivity index is 1.60.